The van der Waals surface area contributed by atoms with Crippen LogP contribution in [0.1, 0.15) is 98.0 Å². The number of hydrogen-bond donors (Lipinski definition) is 2. The molecule has 2 saturated carbocycles. The number of aromatic nitrogens is 2. The lowest BCUT2D eigenvalue weighted by molar-refractivity contribution is -0.0801. The zero-order chi connectivity index (χ0) is 36.2. The molecular formula is C38H53N5O6S. The molecule has 2 N–H and O–H groups in total. The Kier molecular flexibility index (Phi) is 9.16. The Balaban J connectivity index is 0.00000302. The molecule has 11 nitrogen and oxygen atoms in total. The topological polar surface area (TPSA) is 140 Å². The molecule has 0 saturated heterocycles. The first-order valence-corrected chi connectivity index (χ1v) is 18.8. The zero-order valence-electron chi connectivity index (χ0n) is 30.3. The SMILES string of the molecule is Cc1cccc(C)c1-c1cc2nc(n1)NS(=O)(=O)c1cccc(c1)C(=O)N(C1CC3(CC(NC(=O)OC(C)(C)C)C3)C1)[C@H](CC(C)(C)C)CO2.[HH].[HH]. The summed E-state index contributed by atoms with van der Waals surface area (Å²) >= 11 is 0. The second kappa shape index (κ2) is 12.9. The summed E-state index contributed by atoms with van der Waals surface area (Å²) in [5, 5.41) is 2.99. The Hall–Kier alpha value is -4.19. The summed E-state index contributed by atoms with van der Waals surface area (Å²) in [4.78, 5) is 37.9. The van der Waals surface area contributed by atoms with Crippen LogP contribution in [-0.2, 0) is 14.8 Å². The largest absolute Gasteiger partial charge is 0.475 e. The van der Waals surface area contributed by atoms with E-state index >= 15 is 0 Å². The number of amides is 2. The van der Waals surface area contributed by atoms with Gasteiger partial charge in [-0.05, 0) is 107 Å². The van der Waals surface area contributed by atoms with Crippen LogP contribution in [0.15, 0.2) is 53.4 Å². The highest BCUT2D eigenvalue weighted by atomic mass is 32.2. The number of carbonyl (C=O) groups excluding carboxylic acids is 2. The van der Waals surface area contributed by atoms with E-state index in [4.69, 9.17) is 9.47 Å². The number of carbonyl (C=O) groups is 2. The van der Waals surface area contributed by atoms with E-state index in [1.165, 1.54) is 12.1 Å². The van der Waals surface area contributed by atoms with Gasteiger partial charge < -0.3 is 19.7 Å². The van der Waals surface area contributed by atoms with Gasteiger partial charge in [-0.15, -0.1) is 0 Å². The molecule has 4 bridgehead atoms. The van der Waals surface area contributed by atoms with E-state index in [1.54, 1.807) is 18.2 Å². The van der Waals surface area contributed by atoms with E-state index in [0.717, 1.165) is 42.4 Å². The Morgan fingerprint density at radius 3 is 2.32 bits per heavy atom. The van der Waals surface area contributed by atoms with Crippen molar-refractivity contribution in [3.05, 3.63) is 65.2 Å². The number of benzene rings is 2. The summed E-state index contributed by atoms with van der Waals surface area (Å²) in [6, 6.07) is 13.4. The molecule has 2 aromatic carbocycles. The minimum Gasteiger partial charge on any atom is -0.475 e. The maximum atomic E-state index is 14.6. The second-order valence-corrected chi connectivity index (χ2v) is 18.3. The molecule has 2 heterocycles. The molecule has 3 aromatic rings. The third-order valence-corrected chi connectivity index (χ3v) is 11.1. The van der Waals surface area contributed by atoms with Crippen molar-refractivity contribution in [1.82, 2.24) is 20.2 Å². The predicted molar refractivity (Wildman–Crippen MR) is 196 cm³/mol. The minimum atomic E-state index is -4.16. The van der Waals surface area contributed by atoms with Crippen molar-refractivity contribution in [2.45, 2.75) is 116 Å². The fourth-order valence-electron chi connectivity index (χ4n) is 7.80. The fourth-order valence-corrected chi connectivity index (χ4v) is 8.79. The van der Waals surface area contributed by atoms with Crippen molar-refractivity contribution >= 4 is 28.0 Å². The average Bonchev–Trinajstić information content (AvgIpc) is 2.95. The average molecular weight is 708 g/mol. The van der Waals surface area contributed by atoms with Crippen LogP contribution in [0.4, 0.5) is 10.7 Å². The van der Waals surface area contributed by atoms with Crippen molar-refractivity contribution in [2.75, 3.05) is 11.3 Å². The summed E-state index contributed by atoms with van der Waals surface area (Å²) in [6.45, 7) is 16.1. The number of aryl methyl sites for hydroxylation is 2. The lowest BCUT2D eigenvalue weighted by atomic mass is 9.51. The number of anilines is 1. The lowest BCUT2D eigenvalue weighted by Crippen LogP contribution is -2.64. The number of fused-ring (bicyclic) bond motifs is 4. The monoisotopic (exact) mass is 707 g/mol. The Morgan fingerprint density at radius 1 is 1.02 bits per heavy atom. The minimum absolute atomic E-state index is 0. The summed E-state index contributed by atoms with van der Waals surface area (Å²) in [6.07, 6.45) is 3.41. The van der Waals surface area contributed by atoms with Crippen molar-refractivity contribution in [3.8, 4) is 17.1 Å². The van der Waals surface area contributed by atoms with E-state index in [1.807, 2.05) is 57.7 Å². The molecule has 0 radical (unpaired) electrons. The molecular weight excluding hydrogens is 655 g/mol. The predicted octanol–water partition coefficient (Wildman–Crippen LogP) is 7.53. The molecule has 2 fully saturated rings. The van der Waals surface area contributed by atoms with Gasteiger partial charge in [-0.2, -0.15) is 4.98 Å². The van der Waals surface area contributed by atoms with Crippen LogP contribution in [0.3, 0.4) is 0 Å². The van der Waals surface area contributed by atoms with Gasteiger partial charge >= 0.3 is 6.09 Å². The first-order chi connectivity index (χ1) is 23.3. The van der Waals surface area contributed by atoms with Crippen LogP contribution in [-0.4, -0.2) is 65.6 Å². The summed E-state index contributed by atoms with van der Waals surface area (Å²) in [7, 11) is -4.16. The van der Waals surface area contributed by atoms with Gasteiger partial charge in [0.15, 0.2) is 0 Å². The number of hydrogen-bond acceptors (Lipinski definition) is 8. The lowest BCUT2D eigenvalue weighted by Gasteiger charge is -2.60. The third-order valence-electron chi connectivity index (χ3n) is 9.77. The molecule has 12 heteroatoms. The maximum Gasteiger partial charge on any atom is 0.407 e. The normalized spacial score (nSPS) is 24.7. The molecule has 1 aromatic heterocycles. The standard InChI is InChI=1S/C38H49N5O6S.2H2/c1-23-11-9-12-24(2)32(23)30-16-31-41-34(40-30)42-50(46,47)29-14-10-13-25(15-29)33(44)43(28(22-48-31)19-36(3,4)5)27-20-38(21-27)17-26(18-38)39-35(45)49-37(6,7)8;;/h9-16,26-28H,17-22H2,1-8H3,(H,39,45)(H,40,41,42);2*1H/t26?,27?,28-,38?;;/m1../s1. The van der Waals surface area contributed by atoms with Crippen molar-refractivity contribution < 1.29 is 30.3 Å². The van der Waals surface area contributed by atoms with Gasteiger partial charge in [-0.25, -0.2) is 22.9 Å². The first kappa shape index (κ1) is 35.6. The van der Waals surface area contributed by atoms with Gasteiger partial charge in [0.05, 0.1) is 16.6 Å². The Bertz CT molecular complexity index is 1890. The fraction of sp³-hybridized carbons (Fsp3) is 0.526. The van der Waals surface area contributed by atoms with Gasteiger partial charge in [0.25, 0.3) is 15.9 Å². The quantitative estimate of drug-likeness (QED) is 0.284. The highest BCUT2D eigenvalue weighted by Gasteiger charge is 2.56. The third kappa shape index (κ3) is 7.75. The first-order valence-electron chi connectivity index (χ1n) is 17.3. The van der Waals surface area contributed by atoms with E-state index in [9.17, 15) is 18.0 Å². The number of nitrogens with zero attached hydrogens (tertiary/aromatic N) is 3. The number of sulfonamides is 1. The highest BCUT2D eigenvalue weighted by Crippen LogP contribution is 2.58. The maximum absolute atomic E-state index is 14.6. The van der Waals surface area contributed by atoms with Gasteiger partial charge in [0.2, 0.25) is 11.8 Å². The van der Waals surface area contributed by atoms with Crippen LogP contribution in [0, 0.1) is 24.7 Å². The zero-order valence-corrected chi connectivity index (χ0v) is 31.1. The van der Waals surface area contributed by atoms with E-state index in [0.29, 0.717) is 12.1 Å². The van der Waals surface area contributed by atoms with Gasteiger partial charge in [-0.1, -0.05) is 45.0 Å². The van der Waals surface area contributed by atoms with Gasteiger partial charge in [0, 0.05) is 32.1 Å². The molecule has 0 unspecified atom stereocenters. The van der Waals surface area contributed by atoms with Crippen molar-refractivity contribution in [1.29, 1.82) is 0 Å². The van der Waals surface area contributed by atoms with E-state index in [-0.39, 0.29) is 66.6 Å². The number of alkyl carbamates (subject to hydrolysis) is 1. The number of rotatable bonds is 4. The Labute approximate surface area is 298 Å². The molecule has 6 rings (SSSR count). The molecule has 3 aliphatic rings. The molecule has 50 heavy (non-hydrogen) atoms. The molecule has 1 atom stereocenters. The molecule has 2 amide bonds. The number of ether oxygens (including phenoxy) is 2. The van der Waals surface area contributed by atoms with Crippen molar-refractivity contribution in [3.63, 3.8) is 0 Å². The molecule has 2 aliphatic carbocycles. The van der Waals surface area contributed by atoms with Crippen LogP contribution >= 0.6 is 0 Å². The van der Waals surface area contributed by atoms with Gasteiger partial charge in [0.1, 0.15) is 12.2 Å². The second-order valence-electron chi connectivity index (χ2n) is 16.6. The molecule has 1 aliphatic heterocycles. The van der Waals surface area contributed by atoms with Crippen LogP contribution in [0.25, 0.3) is 11.3 Å². The highest BCUT2D eigenvalue weighted by molar-refractivity contribution is 7.92. The summed E-state index contributed by atoms with van der Waals surface area (Å²) in [5.41, 5.74) is 2.95. The van der Waals surface area contributed by atoms with Crippen LogP contribution in [0.2, 0.25) is 0 Å². The van der Waals surface area contributed by atoms with E-state index in [2.05, 4.69) is 40.8 Å². The molecule has 1 spiro atoms. The number of nitrogens with one attached hydrogen (secondary N) is 2. The van der Waals surface area contributed by atoms with Crippen molar-refractivity contribution in [2.24, 2.45) is 10.8 Å². The van der Waals surface area contributed by atoms with Crippen LogP contribution in [0.5, 0.6) is 5.88 Å². The Morgan fingerprint density at radius 2 is 1.68 bits per heavy atom. The van der Waals surface area contributed by atoms with Crippen LogP contribution < -0.4 is 14.8 Å². The smallest absolute Gasteiger partial charge is 0.407 e. The summed E-state index contributed by atoms with van der Waals surface area (Å²) in [5.74, 6) is -0.135. The van der Waals surface area contributed by atoms with Gasteiger partial charge in [-0.3, -0.25) is 4.79 Å². The summed E-state index contributed by atoms with van der Waals surface area (Å²) < 4.78 is 41.9. The molecule has 272 valence electrons. The van der Waals surface area contributed by atoms with E-state index < -0.39 is 21.7 Å².